The Kier molecular flexibility index (Phi) is 6.05. The molecule has 23 heavy (non-hydrogen) atoms. The van der Waals surface area contributed by atoms with Crippen LogP contribution in [0.1, 0.15) is 37.3 Å². The molecule has 0 radical (unpaired) electrons. The van der Waals surface area contributed by atoms with Gasteiger partial charge in [0.05, 0.1) is 0 Å². The Labute approximate surface area is 142 Å². The van der Waals surface area contributed by atoms with E-state index in [9.17, 15) is 9.90 Å². The molecular weight excluding hydrogens is 310 g/mol. The van der Waals surface area contributed by atoms with Crippen LogP contribution in [0, 0.1) is 5.92 Å². The first-order valence-corrected chi connectivity index (χ1v) is 8.15. The summed E-state index contributed by atoms with van der Waals surface area (Å²) in [5, 5.41) is 13.7. The molecule has 2 rings (SSSR count). The smallest absolute Gasteiger partial charge is 0.220 e. The summed E-state index contributed by atoms with van der Waals surface area (Å²) in [6.07, 6.45) is 0.268. The highest BCUT2D eigenvalue weighted by molar-refractivity contribution is 6.30. The molecule has 3 nitrogen and oxygen atoms in total. The Bertz CT molecular complexity index is 656. The predicted octanol–water partition coefficient (Wildman–Crippen LogP) is 4.34. The lowest BCUT2D eigenvalue weighted by Gasteiger charge is -2.19. The first-order chi connectivity index (χ1) is 11.0. The van der Waals surface area contributed by atoms with Gasteiger partial charge in [0.25, 0.3) is 0 Å². The van der Waals surface area contributed by atoms with Crippen LogP contribution in [0.2, 0.25) is 5.02 Å². The van der Waals surface area contributed by atoms with Crippen molar-refractivity contribution in [1.29, 1.82) is 0 Å². The van der Waals surface area contributed by atoms with Gasteiger partial charge in [0, 0.05) is 29.5 Å². The zero-order valence-corrected chi connectivity index (χ0v) is 14.2. The van der Waals surface area contributed by atoms with E-state index in [0.29, 0.717) is 23.0 Å². The number of halogens is 1. The highest BCUT2D eigenvalue weighted by atomic mass is 35.5. The number of carbonyl (C=O) groups excluding carboxylic acids is 1. The third-order valence-corrected chi connectivity index (χ3v) is 3.90. The minimum Gasteiger partial charge on any atom is -0.508 e. The summed E-state index contributed by atoms with van der Waals surface area (Å²) in [5.74, 6) is 0.280. The van der Waals surface area contributed by atoms with Gasteiger partial charge in [-0.05, 0) is 29.7 Å². The molecule has 0 aliphatic heterocycles. The van der Waals surface area contributed by atoms with Crippen LogP contribution >= 0.6 is 11.6 Å². The topological polar surface area (TPSA) is 49.3 Å². The van der Waals surface area contributed by atoms with Gasteiger partial charge in [-0.2, -0.15) is 0 Å². The van der Waals surface area contributed by atoms with Gasteiger partial charge < -0.3 is 10.4 Å². The van der Waals surface area contributed by atoms with Crippen molar-refractivity contribution in [2.45, 2.75) is 26.2 Å². The predicted molar refractivity (Wildman–Crippen MR) is 93.9 cm³/mol. The van der Waals surface area contributed by atoms with Crippen molar-refractivity contribution in [1.82, 2.24) is 5.32 Å². The van der Waals surface area contributed by atoms with Crippen LogP contribution in [0.5, 0.6) is 5.75 Å². The molecule has 2 N–H and O–H groups in total. The van der Waals surface area contributed by atoms with Crippen molar-refractivity contribution < 1.29 is 9.90 Å². The molecular formula is C19H22ClNO2. The van der Waals surface area contributed by atoms with Crippen molar-refractivity contribution in [3.8, 4) is 5.75 Å². The van der Waals surface area contributed by atoms with E-state index in [1.54, 1.807) is 18.2 Å². The Hall–Kier alpha value is -2.00. The Morgan fingerprint density at radius 3 is 2.52 bits per heavy atom. The lowest BCUT2D eigenvalue weighted by molar-refractivity contribution is -0.121. The van der Waals surface area contributed by atoms with Crippen molar-refractivity contribution in [3.63, 3.8) is 0 Å². The first kappa shape index (κ1) is 17.4. The maximum Gasteiger partial charge on any atom is 0.220 e. The van der Waals surface area contributed by atoms with Gasteiger partial charge >= 0.3 is 0 Å². The highest BCUT2D eigenvalue weighted by Gasteiger charge is 2.21. The normalized spacial score (nSPS) is 12.2. The standard InChI is InChI=1S/C19H22ClNO2/c1-13(2)12-21-19(23)11-16(14-6-4-3-5-7-14)17-10-15(20)8-9-18(17)22/h3-10,13,16,22H,11-12H2,1-2H3,(H,21,23). The van der Waals surface area contributed by atoms with Gasteiger partial charge in [-0.1, -0.05) is 55.8 Å². The second-order valence-electron chi connectivity index (χ2n) is 6.07. The average molecular weight is 332 g/mol. The summed E-state index contributed by atoms with van der Waals surface area (Å²) in [7, 11) is 0. The molecule has 122 valence electrons. The van der Waals surface area contributed by atoms with Crippen molar-refractivity contribution in [2.75, 3.05) is 6.54 Å². The summed E-state index contributed by atoms with van der Waals surface area (Å²) >= 11 is 6.08. The molecule has 0 saturated heterocycles. The van der Waals surface area contributed by atoms with Crippen LogP contribution in [-0.2, 0) is 4.79 Å². The fourth-order valence-corrected chi connectivity index (χ4v) is 2.65. The number of amides is 1. The quantitative estimate of drug-likeness (QED) is 0.827. The fourth-order valence-electron chi connectivity index (χ4n) is 2.47. The monoisotopic (exact) mass is 331 g/mol. The van der Waals surface area contributed by atoms with Crippen molar-refractivity contribution in [3.05, 3.63) is 64.7 Å². The second-order valence-corrected chi connectivity index (χ2v) is 6.50. The lowest BCUT2D eigenvalue weighted by atomic mass is 9.87. The summed E-state index contributed by atoms with van der Waals surface area (Å²) in [6.45, 7) is 4.75. The number of aromatic hydroxyl groups is 1. The van der Waals surface area contributed by atoms with Gasteiger partial charge in [-0.15, -0.1) is 0 Å². The number of hydrogen-bond donors (Lipinski definition) is 2. The number of carbonyl (C=O) groups is 1. The van der Waals surface area contributed by atoms with E-state index in [2.05, 4.69) is 19.2 Å². The zero-order chi connectivity index (χ0) is 16.8. The summed E-state index contributed by atoms with van der Waals surface area (Å²) in [6, 6.07) is 14.6. The van der Waals surface area contributed by atoms with E-state index < -0.39 is 0 Å². The molecule has 2 aromatic carbocycles. The molecule has 0 saturated carbocycles. The Morgan fingerprint density at radius 1 is 1.17 bits per heavy atom. The van der Waals surface area contributed by atoms with E-state index in [0.717, 1.165) is 5.56 Å². The maximum atomic E-state index is 12.3. The lowest BCUT2D eigenvalue weighted by Crippen LogP contribution is -2.28. The molecule has 0 aliphatic rings. The Balaban J connectivity index is 2.29. The van der Waals surface area contributed by atoms with Crippen LogP contribution in [0.3, 0.4) is 0 Å². The Morgan fingerprint density at radius 2 is 1.87 bits per heavy atom. The molecule has 0 aliphatic carbocycles. The second kappa shape index (κ2) is 8.02. The number of phenolic OH excluding ortho intramolecular Hbond substituents is 1. The summed E-state index contributed by atoms with van der Waals surface area (Å²) in [4.78, 5) is 12.3. The van der Waals surface area contributed by atoms with E-state index >= 15 is 0 Å². The first-order valence-electron chi connectivity index (χ1n) is 7.77. The number of rotatable bonds is 6. The van der Waals surface area contributed by atoms with Crippen LogP contribution in [0.25, 0.3) is 0 Å². The number of hydrogen-bond acceptors (Lipinski definition) is 2. The molecule has 0 bridgehead atoms. The van der Waals surface area contributed by atoms with E-state index in [1.807, 2.05) is 30.3 Å². The molecule has 1 amide bonds. The van der Waals surface area contributed by atoms with Gasteiger partial charge in [-0.3, -0.25) is 4.79 Å². The van der Waals surface area contributed by atoms with Crippen molar-refractivity contribution in [2.24, 2.45) is 5.92 Å². The van der Waals surface area contributed by atoms with E-state index in [-0.39, 0.29) is 24.0 Å². The van der Waals surface area contributed by atoms with Gasteiger partial charge in [0.15, 0.2) is 0 Å². The maximum absolute atomic E-state index is 12.3. The molecule has 4 heteroatoms. The minimum atomic E-state index is -0.234. The summed E-state index contributed by atoms with van der Waals surface area (Å²) in [5.41, 5.74) is 1.65. The average Bonchev–Trinajstić information content (AvgIpc) is 2.54. The van der Waals surface area contributed by atoms with Crippen LogP contribution in [0.4, 0.5) is 0 Å². The van der Waals surface area contributed by atoms with Gasteiger partial charge in [0.2, 0.25) is 5.91 Å². The molecule has 2 aromatic rings. The summed E-state index contributed by atoms with van der Waals surface area (Å²) < 4.78 is 0. The number of nitrogens with one attached hydrogen (secondary N) is 1. The zero-order valence-electron chi connectivity index (χ0n) is 13.4. The van der Waals surface area contributed by atoms with Crippen LogP contribution in [-0.4, -0.2) is 17.6 Å². The third kappa shape index (κ3) is 5.00. The van der Waals surface area contributed by atoms with Crippen LogP contribution < -0.4 is 5.32 Å². The fraction of sp³-hybridized carbons (Fsp3) is 0.316. The van der Waals surface area contributed by atoms with Gasteiger partial charge in [0.1, 0.15) is 5.75 Å². The number of phenols is 1. The van der Waals surface area contributed by atoms with E-state index in [1.165, 1.54) is 0 Å². The molecule has 0 spiro atoms. The van der Waals surface area contributed by atoms with Crippen LogP contribution in [0.15, 0.2) is 48.5 Å². The van der Waals surface area contributed by atoms with E-state index in [4.69, 9.17) is 11.6 Å². The molecule has 0 aromatic heterocycles. The minimum absolute atomic E-state index is 0.0353. The number of benzene rings is 2. The molecule has 1 atom stereocenters. The van der Waals surface area contributed by atoms with Crippen molar-refractivity contribution >= 4 is 17.5 Å². The molecule has 1 unspecified atom stereocenters. The third-order valence-electron chi connectivity index (χ3n) is 3.66. The largest absolute Gasteiger partial charge is 0.508 e. The SMILES string of the molecule is CC(C)CNC(=O)CC(c1ccccc1)c1cc(Cl)ccc1O. The van der Waals surface area contributed by atoms with Gasteiger partial charge in [-0.25, -0.2) is 0 Å². The highest BCUT2D eigenvalue weighted by Crippen LogP contribution is 2.35. The molecule has 0 heterocycles. The molecule has 0 fully saturated rings.